The summed E-state index contributed by atoms with van der Waals surface area (Å²) >= 11 is 0. The van der Waals surface area contributed by atoms with Crippen molar-refractivity contribution in [3.05, 3.63) is 54.2 Å². The van der Waals surface area contributed by atoms with Crippen molar-refractivity contribution >= 4 is 16.9 Å². The number of carbonyl (C=O) groups excluding carboxylic acids is 1. The summed E-state index contributed by atoms with van der Waals surface area (Å²) in [5.74, 6) is 0.931. The number of nitrogens with one attached hydrogen (secondary N) is 1. The van der Waals surface area contributed by atoms with Crippen LogP contribution in [0.3, 0.4) is 0 Å². The van der Waals surface area contributed by atoms with Crippen LogP contribution in [0.1, 0.15) is 11.6 Å². The van der Waals surface area contributed by atoms with Gasteiger partial charge in [0.1, 0.15) is 17.5 Å². The van der Waals surface area contributed by atoms with Crippen molar-refractivity contribution in [3.63, 3.8) is 0 Å². The second-order valence-electron chi connectivity index (χ2n) is 5.16. The van der Waals surface area contributed by atoms with Crippen molar-refractivity contribution in [2.75, 3.05) is 7.11 Å². The summed E-state index contributed by atoms with van der Waals surface area (Å²) in [4.78, 5) is 19.8. The molecule has 0 aliphatic heterocycles. The van der Waals surface area contributed by atoms with Crippen LogP contribution >= 0.6 is 0 Å². The molecule has 0 aliphatic rings. The molecule has 0 radical (unpaired) electrons. The lowest BCUT2D eigenvalue weighted by atomic mass is 10.1. The first kappa shape index (κ1) is 16.6. The van der Waals surface area contributed by atoms with E-state index in [1.165, 1.54) is 12.6 Å². The summed E-state index contributed by atoms with van der Waals surface area (Å²) in [7, 11) is 1.54. The third kappa shape index (κ3) is 3.49. The van der Waals surface area contributed by atoms with Gasteiger partial charge in [-0.25, -0.2) is 10.5 Å². The molecule has 0 spiro atoms. The molecule has 128 valence electrons. The van der Waals surface area contributed by atoms with Crippen LogP contribution in [0.25, 0.3) is 11.0 Å². The number of hydrogen-bond acceptors (Lipinski definition) is 7. The molecule has 4 N–H and O–H groups in total. The van der Waals surface area contributed by atoms with Crippen molar-refractivity contribution in [2.45, 2.75) is 6.04 Å². The molecule has 1 amide bonds. The van der Waals surface area contributed by atoms with E-state index in [9.17, 15) is 4.79 Å². The predicted molar refractivity (Wildman–Crippen MR) is 89.5 cm³/mol. The highest BCUT2D eigenvalue weighted by Crippen LogP contribution is 2.29. The Kier molecular flexibility index (Phi) is 4.73. The largest absolute Gasteiger partial charge is 0.481 e. The van der Waals surface area contributed by atoms with Gasteiger partial charge in [-0.15, -0.1) is 0 Å². The Balaban J connectivity index is 1.85. The number of benzene rings is 1. The van der Waals surface area contributed by atoms with E-state index in [0.717, 1.165) is 5.39 Å². The van der Waals surface area contributed by atoms with Crippen LogP contribution < -0.4 is 20.7 Å². The van der Waals surface area contributed by atoms with Gasteiger partial charge in [0.15, 0.2) is 5.65 Å². The molecule has 0 bridgehead atoms. The maximum atomic E-state index is 11.3. The van der Waals surface area contributed by atoms with E-state index in [1.54, 1.807) is 42.6 Å². The summed E-state index contributed by atoms with van der Waals surface area (Å²) in [6.45, 7) is 0. The Morgan fingerprint density at radius 1 is 1.20 bits per heavy atom. The number of methoxy groups -OCH3 is 1. The summed E-state index contributed by atoms with van der Waals surface area (Å²) in [6.07, 6.45) is 1.60. The van der Waals surface area contributed by atoms with Gasteiger partial charge in [0.05, 0.1) is 12.5 Å². The zero-order valence-electron chi connectivity index (χ0n) is 13.3. The van der Waals surface area contributed by atoms with Crippen LogP contribution in [0.4, 0.5) is 0 Å². The van der Waals surface area contributed by atoms with Crippen LogP contribution in [0.15, 0.2) is 48.7 Å². The minimum Gasteiger partial charge on any atom is -0.481 e. The Bertz CT molecular complexity index is 899. The molecule has 1 aromatic carbocycles. The van der Waals surface area contributed by atoms with Gasteiger partial charge in [-0.05, 0) is 29.8 Å². The van der Waals surface area contributed by atoms with Crippen molar-refractivity contribution in [2.24, 2.45) is 5.73 Å². The standard InChI is InChI=1S/C17H16N4O4/c1-24-14-7-6-12-13(8-9-19-16(12)20-14)25-11-4-2-10(3-5-11)15(18)17(22)21-23/h2-9,15,23H,18H2,1H3,(H,21,22). The summed E-state index contributed by atoms with van der Waals surface area (Å²) < 4.78 is 11.0. The van der Waals surface area contributed by atoms with E-state index in [0.29, 0.717) is 28.6 Å². The zero-order chi connectivity index (χ0) is 17.8. The Morgan fingerprint density at radius 3 is 2.64 bits per heavy atom. The predicted octanol–water partition coefficient (Wildman–Crippen LogP) is 1.94. The number of hydroxylamine groups is 1. The smallest absolute Gasteiger partial charge is 0.264 e. The SMILES string of the molecule is COc1ccc2c(Oc3ccc(C(N)C(=O)NO)cc3)ccnc2n1. The molecular weight excluding hydrogens is 324 g/mol. The molecule has 1 atom stereocenters. The fourth-order valence-electron chi connectivity index (χ4n) is 2.28. The first-order valence-electron chi connectivity index (χ1n) is 7.39. The fraction of sp³-hybridized carbons (Fsp3) is 0.118. The quantitative estimate of drug-likeness (QED) is 0.479. The van der Waals surface area contributed by atoms with E-state index in [2.05, 4.69) is 9.97 Å². The maximum Gasteiger partial charge on any atom is 0.264 e. The number of fused-ring (bicyclic) bond motifs is 1. The molecule has 25 heavy (non-hydrogen) atoms. The number of hydrogen-bond donors (Lipinski definition) is 3. The number of carbonyl (C=O) groups is 1. The third-order valence-corrected chi connectivity index (χ3v) is 3.61. The van der Waals surface area contributed by atoms with Crippen molar-refractivity contribution < 1.29 is 19.5 Å². The lowest BCUT2D eigenvalue weighted by Gasteiger charge is -2.12. The van der Waals surface area contributed by atoms with E-state index >= 15 is 0 Å². The highest BCUT2D eigenvalue weighted by molar-refractivity contribution is 5.83. The van der Waals surface area contributed by atoms with Crippen LogP contribution in [-0.4, -0.2) is 28.2 Å². The topological polar surface area (TPSA) is 120 Å². The number of ether oxygens (including phenoxy) is 2. The van der Waals surface area contributed by atoms with Gasteiger partial charge in [0.25, 0.3) is 5.91 Å². The molecule has 1 unspecified atom stereocenters. The molecule has 0 saturated carbocycles. The van der Waals surface area contributed by atoms with Crippen molar-refractivity contribution in [1.82, 2.24) is 15.4 Å². The van der Waals surface area contributed by atoms with E-state index in [4.69, 9.17) is 20.4 Å². The van der Waals surface area contributed by atoms with E-state index < -0.39 is 11.9 Å². The summed E-state index contributed by atoms with van der Waals surface area (Å²) in [6, 6.07) is 11.0. The van der Waals surface area contributed by atoms with Gasteiger partial charge in [-0.1, -0.05) is 12.1 Å². The van der Waals surface area contributed by atoms with Crippen LogP contribution in [-0.2, 0) is 4.79 Å². The highest BCUT2D eigenvalue weighted by atomic mass is 16.5. The van der Waals surface area contributed by atoms with E-state index in [-0.39, 0.29) is 0 Å². The first-order chi connectivity index (χ1) is 12.1. The van der Waals surface area contributed by atoms with Gasteiger partial charge >= 0.3 is 0 Å². The maximum absolute atomic E-state index is 11.3. The molecule has 0 saturated heterocycles. The van der Waals surface area contributed by atoms with Crippen molar-refractivity contribution in [1.29, 1.82) is 0 Å². The number of nitrogens with two attached hydrogens (primary N) is 1. The number of rotatable bonds is 5. The van der Waals surface area contributed by atoms with Gasteiger partial charge in [0, 0.05) is 12.3 Å². The summed E-state index contributed by atoms with van der Waals surface area (Å²) in [5.41, 5.74) is 8.30. The minimum atomic E-state index is -0.961. The van der Waals surface area contributed by atoms with Crippen LogP contribution in [0.2, 0.25) is 0 Å². The summed E-state index contributed by atoms with van der Waals surface area (Å²) in [5, 5.41) is 9.37. The second-order valence-corrected chi connectivity index (χ2v) is 5.16. The number of pyridine rings is 2. The number of nitrogens with zero attached hydrogens (tertiary/aromatic N) is 2. The Labute approximate surface area is 143 Å². The zero-order valence-corrected chi connectivity index (χ0v) is 13.3. The number of aromatic nitrogens is 2. The minimum absolute atomic E-state index is 0.470. The normalized spacial score (nSPS) is 11.8. The lowest BCUT2D eigenvalue weighted by molar-refractivity contribution is -0.130. The van der Waals surface area contributed by atoms with Crippen LogP contribution in [0.5, 0.6) is 17.4 Å². The first-order valence-corrected chi connectivity index (χ1v) is 7.39. The van der Waals surface area contributed by atoms with Gasteiger partial charge < -0.3 is 15.2 Å². The Morgan fingerprint density at radius 2 is 1.96 bits per heavy atom. The molecule has 2 aromatic heterocycles. The fourth-order valence-corrected chi connectivity index (χ4v) is 2.28. The molecule has 3 rings (SSSR count). The average Bonchev–Trinajstić information content (AvgIpc) is 2.67. The monoisotopic (exact) mass is 340 g/mol. The molecule has 2 heterocycles. The Hall–Kier alpha value is -3.23. The average molecular weight is 340 g/mol. The van der Waals surface area contributed by atoms with Crippen molar-refractivity contribution in [3.8, 4) is 17.4 Å². The van der Waals surface area contributed by atoms with Crippen LogP contribution in [0, 0.1) is 0 Å². The number of amides is 1. The lowest BCUT2D eigenvalue weighted by Crippen LogP contribution is -2.31. The molecule has 0 fully saturated rings. The highest BCUT2D eigenvalue weighted by Gasteiger charge is 2.15. The molecule has 3 aromatic rings. The molecule has 8 heteroatoms. The van der Waals surface area contributed by atoms with E-state index in [1.807, 2.05) is 6.07 Å². The molecular formula is C17H16N4O4. The molecule has 0 aliphatic carbocycles. The van der Waals surface area contributed by atoms with Gasteiger partial charge in [-0.3, -0.25) is 10.0 Å². The second kappa shape index (κ2) is 7.12. The van der Waals surface area contributed by atoms with Gasteiger partial charge in [0.2, 0.25) is 5.88 Å². The molecule has 8 nitrogen and oxygen atoms in total. The third-order valence-electron chi connectivity index (χ3n) is 3.61. The van der Waals surface area contributed by atoms with Gasteiger partial charge in [-0.2, -0.15) is 4.98 Å².